The lowest BCUT2D eigenvalue weighted by molar-refractivity contribution is -0.153. The monoisotopic (exact) mass is 416 g/mol. The smallest absolute Gasteiger partial charge is 0.410 e. The topological polar surface area (TPSA) is 71.6 Å². The van der Waals surface area contributed by atoms with Gasteiger partial charge in [0.15, 0.2) is 0 Å². The number of amides is 1. The van der Waals surface area contributed by atoms with Crippen molar-refractivity contribution in [3.05, 3.63) is 84.1 Å². The van der Waals surface area contributed by atoms with Crippen LogP contribution in [0.3, 0.4) is 0 Å². The van der Waals surface area contributed by atoms with Crippen LogP contribution in [0.2, 0.25) is 0 Å². The molecule has 2 aliphatic heterocycles. The van der Waals surface area contributed by atoms with E-state index in [1.165, 1.54) is 7.11 Å². The molecule has 3 atom stereocenters. The van der Waals surface area contributed by atoms with E-state index < -0.39 is 17.6 Å². The van der Waals surface area contributed by atoms with Gasteiger partial charge in [-0.2, -0.15) is 0 Å². The maximum absolute atomic E-state index is 13.2. The van der Waals surface area contributed by atoms with Crippen LogP contribution in [0.25, 0.3) is 10.9 Å². The summed E-state index contributed by atoms with van der Waals surface area (Å²) in [6.45, 7) is 0.711. The van der Waals surface area contributed by atoms with E-state index in [0.717, 1.165) is 22.2 Å². The third-order valence-corrected chi connectivity index (χ3v) is 6.42. The molecule has 6 nitrogen and oxygen atoms in total. The lowest BCUT2D eigenvalue weighted by Crippen LogP contribution is -2.64. The summed E-state index contributed by atoms with van der Waals surface area (Å²) >= 11 is 0. The van der Waals surface area contributed by atoms with Crippen molar-refractivity contribution in [1.82, 2.24) is 9.88 Å². The number of methoxy groups -OCH3 is 1. The Labute approximate surface area is 180 Å². The number of carbonyl (C=O) groups is 2. The van der Waals surface area contributed by atoms with Crippen molar-refractivity contribution < 1.29 is 19.1 Å². The number of aromatic nitrogens is 1. The van der Waals surface area contributed by atoms with Gasteiger partial charge in [-0.25, -0.2) is 4.79 Å². The van der Waals surface area contributed by atoms with E-state index in [2.05, 4.69) is 11.1 Å². The van der Waals surface area contributed by atoms with Crippen molar-refractivity contribution in [2.75, 3.05) is 13.7 Å². The molecule has 1 amide bonds. The second-order valence-electron chi connectivity index (χ2n) is 8.22. The SMILES string of the molecule is COC(=O)[C@]1(c2cc3ccccc3[nH]2)C[C@@H]2C=C[C@H]1N(C(=O)OCc1ccccc1)C2. The van der Waals surface area contributed by atoms with Gasteiger partial charge in [0.25, 0.3) is 0 Å². The number of hydrogen-bond acceptors (Lipinski definition) is 4. The predicted molar refractivity (Wildman–Crippen MR) is 116 cm³/mol. The number of fused-ring (bicyclic) bond motifs is 3. The van der Waals surface area contributed by atoms with Gasteiger partial charge in [0.1, 0.15) is 12.0 Å². The first-order chi connectivity index (χ1) is 15.1. The minimum absolute atomic E-state index is 0.0415. The van der Waals surface area contributed by atoms with Gasteiger partial charge in [-0.15, -0.1) is 0 Å². The Balaban J connectivity index is 1.49. The van der Waals surface area contributed by atoms with E-state index in [0.29, 0.717) is 13.0 Å². The zero-order valence-electron chi connectivity index (χ0n) is 17.3. The summed E-state index contributed by atoms with van der Waals surface area (Å²) in [6, 6.07) is 19.0. The molecule has 3 aromatic rings. The van der Waals surface area contributed by atoms with Crippen molar-refractivity contribution >= 4 is 23.0 Å². The number of esters is 1. The number of nitrogens with one attached hydrogen (secondary N) is 1. The van der Waals surface area contributed by atoms with Crippen LogP contribution in [-0.2, 0) is 26.3 Å². The number of hydrogen-bond donors (Lipinski definition) is 1. The molecule has 158 valence electrons. The highest BCUT2D eigenvalue weighted by Gasteiger charge is 2.58. The fraction of sp³-hybridized carbons (Fsp3) is 0.280. The second-order valence-corrected chi connectivity index (χ2v) is 8.22. The van der Waals surface area contributed by atoms with Crippen LogP contribution in [0.4, 0.5) is 4.79 Å². The number of rotatable bonds is 4. The third-order valence-electron chi connectivity index (χ3n) is 6.42. The van der Waals surface area contributed by atoms with Crippen LogP contribution in [0.15, 0.2) is 72.8 Å². The van der Waals surface area contributed by atoms with Crippen molar-refractivity contribution in [3.63, 3.8) is 0 Å². The summed E-state index contributed by atoms with van der Waals surface area (Å²) in [4.78, 5) is 31.4. The number of ether oxygens (including phenoxy) is 2. The molecule has 2 aromatic carbocycles. The summed E-state index contributed by atoms with van der Waals surface area (Å²) in [5.74, 6) is -0.307. The summed E-state index contributed by atoms with van der Waals surface area (Å²) < 4.78 is 10.9. The lowest BCUT2D eigenvalue weighted by atomic mass is 9.64. The van der Waals surface area contributed by atoms with Gasteiger partial charge < -0.3 is 14.5 Å². The summed E-state index contributed by atoms with van der Waals surface area (Å²) in [7, 11) is 1.40. The zero-order valence-corrected chi connectivity index (χ0v) is 17.3. The standard InChI is InChI=1S/C25H24N2O4/c1-30-23(28)25(21-13-19-9-5-6-10-20(19)26-21)14-18-11-12-22(25)27(15-18)24(29)31-16-17-7-3-2-4-8-17/h2-13,18,22,26H,14-16H2,1H3/t18-,22+,25-/m0/s1. The average Bonchev–Trinajstić information content (AvgIpc) is 3.27. The molecule has 1 aliphatic carbocycles. The number of aromatic amines is 1. The van der Waals surface area contributed by atoms with Gasteiger partial charge in [0.05, 0.1) is 13.2 Å². The molecule has 3 aliphatic rings. The minimum Gasteiger partial charge on any atom is -0.468 e. The van der Waals surface area contributed by atoms with Crippen LogP contribution in [-0.4, -0.2) is 41.6 Å². The first-order valence-electron chi connectivity index (χ1n) is 10.4. The number of piperidine rings is 1. The zero-order chi connectivity index (χ0) is 21.4. The number of nitrogens with zero attached hydrogens (tertiary/aromatic N) is 1. The Morgan fingerprint density at radius 3 is 2.61 bits per heavy atom. The summed E-state index contributed by atoms with van der Waals surface area (Å²) in [5.41, 5.74) is 1.63. The van der Waals surface area contributed by atoms with Gasteiger partial charge in [-0.1, -0.05) is 60.7 Å². The first kappa shape index (κ1) is 19.4. The number of carbonyl (C=O) groups excluding carboxylic acids is 2. The van der Waals surface area contributed by atoms with Gasteiger partial charge in [-0.3, -0.25) is 9.69 Å². The Morgan fingerprint density at radius 1 is 1.10 bits per heavy atom. The van der Waals surface area contributed by atoms with Gasteiger partial charge in [0.2, 0.25) is 0 Å². The van der Waals surface area contributed by atoms with Crippen LogP contribution in [0.1, 0.15) is 17.7 Å². The molecule has 2 bridgehead atoms. The molecule has 1 saturated heterocycles. The highest BCUT2D eigenvalue weighted by molar-refractivity contribution is 5.90. The Bertz CT molecular complexity index is 1120. The lowest BCUT2D eigenvalue weighted by Gasteiger charge is -2.51. The molecular formula is C25H24N2O4. The molecule has 0 saturated carbocycles. The molecule has 1 N–H and O–H groups in total. The molecule has 31 heavy (non-hydrogen) atoms. The molecule has 6 rings (SSSR count). The minimum atomic E-state index is -1.00. The van der Waals surface area contributed by atoms with Crippen LogP contribution < -0.4 is 0 Å². The van der Waals surface area contributed by atoms with Gasteiger partial charge >= 0.3 is 12.1 Å². The van der Waals surface area contributed by atoms with E-state index in [1.54, 1.807) is 4.90 Å². The Hall–Kier alpha value is -3.54. The van der Waals surface area contributed by atoms with Gasteiger partial charge in [0, 0.05) is 17.8 Å². The molecule has 1 fully saturated rings. The first-order valence-corrected chi connectivity index (χ1v) is 10.4. The second kappa shape index (κ2) is 7.61. The summed E-state index contributed by atoms with van der Waals surface area (Å²) in [6.07, 6.45) is 4.20. The maximum atomic E-state index is 13.2. The Morgan fingerprint density at radius 2 is 1.87 bits per heavy atom. The van der Waals surface area contributed by atoms with Crippen LogP contribution >= 0.6 is 0 Å². The Kier molecular flexibility index (Phi) is 4.77. The summed E-state index contributed by atoms with van der Waals surface area (Å²) in [5, 5.41) is 1.02. The molecular weight excluding hydrogens is 392 g/mol. The van der Waals surface area contributed by atoms with Crippen molar-refractivity contribution in [1.29, 1.82) is 0 Å². The van der Waals surface area contributed by atoms with E-state index >= 15 is 0 Å². The average molecular weight is 416 g/mol. The molecule has 6 heteroatoms. The third kappa shape index (κ3) is 3.19. The largest absolute Gasteiger partial charge is 0.468 e. The van der Waals surface area contributed by atoms with E-state index in [9.17, 15) is 9.59 Å². The van der Waals surface area contributed by atoms with E-state index in [-0.39, 0.29) is 18.5 Å². The number of H-pyrrole nitrogens is 1. The van der Waals surface area contributed by atoms with E-state index in [1.807, 2.05) is 66.7 Å². The highest BCUT2D eigenvalue weighted by atomic mass is 16.6. The number of benzene rings is 2. The molecule has 0 spiro atoms. The number of para-hydroxylation sites is 1. The molecule has 3 heterocycles. The van der Waals surface area contributed by atoms with Crippen molar-refractivity contribution in [2.24, 2.45) is 5.92 Å². The van der Waals surface area contributed by atoms with Crippen molar-refractivity contribution in [2.45, 2.75) is 24.5 Å². The molecule has 0 radical (unpaired) electrons. The highest BCUT2D eigenvalue weighted by Crippen LogP contribution is 2.47. The molecule has 1 aromatic heterocycles. The fourth-order valence-electron chi connectivity index (χ4n) is 4.96. The van der Waals surface area contributed by atoms with Crippen molar-refractivity contribution in [3.8, 4) is 0 Å². The molecule has 0 unspecified atom stereocenters. The van der Waals surface area contributed by atoms with Crippen LogP contribution in [0.5, 0.6) is 0 Å². The maximum Gasteiger partial charge on any atom is 0.410 e. The van der Waals surface area contributed by atoms with E-state index in [4.69, 9.17) is 9.47 Å². The predicted octanol–water partition coefficient (Wildman–Crippen LogP) is 4.18. The normalized spacial score (nSPS) is 24.4. The quantitative estimate of drug-likeness (QED) is 0.512. The fourth-order valence-corrected chi connectivity index (χ4v) is 4.96. The van der Waals surface area contributed by atoms with Gasteiger partial charge in [-0.05, 0) is 35.4 Å². The van der Waals surface area contributed by atoms with Crippen LogP contribution in [0, 0.1) is 5.92 Å².